The zero-order valence-electron chi connectivity index (χ0n) is 10.8. The summed E-state index contributed by atoms with van der Waals surface area (Å²) in [6, 6.07) is 0. The Kier molecular flexibility index (Phi) is 7.95. The highest BCUT2D eigenvalue weighted by Gasteiger charge is 2.11. The average Bonchev–Trinajstić information content (AvgIpc) is 2.08. The smallest absolute Gasteiger partial charge is 0.000505 e. The third kappa shape index (κ3) is 10.1. The highest BCUT2D eigenvalue weighted by molar-refractivity contribution is 8.03. The molecule has 1 atom stereocenters. The molecule has 0 rings (SSSR count). The van der Waals surface area contributed by atoms with Crippen LogP contribution in [0.25, 0.3) is 0 Å². The van der Waals surface area contributed by atoms with Crippen molar-refractivity contribution in [1.82, 2.24) is 0 Å². The zero-order chi connectivity index (χ0) is 11.8. The van der Waals surface area contributed by atoms with Crippen LogP contribution in [-0.2, 0) is 0 Å². The summed E-state index contributed by atoms with van der Waals surface area (Å²) in [5.41, 5.74) is 1.31. The quantitative estimate of drug-likeness (QED) is 0.508. The van der Waals surface area contributed by atoms with Gasteiger partial charge in [-0.3, -0.25) is 0 Å². The maximum atomic E-state index is 3.98. The van der Waals surface area contributed by atoms with Crippen LogP contribution in [0.4, 0.5) is 0 Å². The second-order valence-corrected chi connectivity index (χ2v) is 6.32. The van der Waals surface area contributed by atoms with Crippen molar-refractivity contribution in [2.24, 2.45) is 11.8 Å². The summed E-state index contributed by atoms with van der Waals surface area (Å²) >= 11 is 1.91. The van der Waals surface area contributed by atoms with Crippen molar-refractivity contribution in [3.05, 3.63) is 23.6 Å². The Morgan fingerprint density at radius 1 is 1.20 bits per heavy atom. The molecule has 15 heavy (non-hydrogen) atoms. The summed E-state index contributed by atoms with van der Waals surface area (Å²) < 4.78 is 0. The van der Waals surface area contributed by atoms with Gasteiger partial charge in [0.2, 0.25) is 0 Å². The van der Waals surface area contributed by atoms with Gasteiger partial charge in [0.15, 0.2) is 0 Å². The Morgan fingerprint density at radius 2 is 1.80 bits per heavy atom. The molecule has 0 amide bonds. The predicted molar refractivity (Wildman–Crippen MR) is 74.3 cm³/mol. The number of hydrogen-bond donors (Lipinski definition) is 0. The minimum absolute atomic E-state index is 0.797. The first-order chi connectivity index (χ1) is 6.91. The highest BCUT2D eigenvalue weighted by atomic mass is 32.2. The van der Waals surface area contributed by atoms with Gasteiger partial charge in [-0.15, -0.1) is 18.3 Å². The van der Waals surface area contributed by atoms with E-state index in [0.717, 1.165) is 11.8 Å². The average molecular weight is 226 g/mol. The van der Waals surface area contributed by atoms with Crippen LogP contribution in [0.15, 0.2) is 23.6 Å². The van der Waals surface area contributed by atoms with Crippen LogP contribution in [0.3, 0.4) is 0 Å². The molecule has 0 aliphatic heterocycles. The Morgan fingerprint density at radius 3 is 2.20 bits per heavy atom. The van der Waals surface area contributed by atoms with Gasteiger partial charge in [0, 0.05) is 5.75 Å². The van der Waals surface area contributed by atoms with E-state index < -0.39 is 0 Å². The van der Waals surface area contributed by atoms with Crippen LogP contribution in [0.1, 0.15) is 47.0 Å². The summed E-state index contributed by atoms with van der Waals surface area (Å²) in [5, 5.41) is 0. The van der Waals surface area contributed by atoms with Crippen LogP contribution in [0.2, 0.25) is 0 Å². The molecule has 0 aliphatic rings. The Hall–Kier alpha value is -0.170. The van der Waals surface area contributed by atoms with Gasteiger partial charge in [0.05, 0.1) is 0 Å². The van der Waals surface area contributed by atoms with Gasteiger partial charge in [0.25, 0.3) is 0 Å². The van der Waals surface area contributed by atoms with Crippen molar-refractivity contribution in [2.45, 2.75) is 47.0 Å². The summed E-state index contributed by atoms with van der Waals surface area (Å²) in [5.74, 6) is 2.84. The van der Waals surface area contributed by atoms with E-state index in [-0.39, 0.29) is 0 Å². The Balaban J connectivity index is 3.94. The zero-order valence-corrected chi connectivity index (χ0v) is 11.6. The van der Waals surface area contributed by atoms with Gasteiger partial charge in [0.1, 0.15) is 0 Å². The van der Waals surface area contributed by atoms with Crippen LogP contribution in [0, 0.1) is 11.8 Å². The first kappa shape index (κ1) is 14.8. The van der Waals surface area contributed by atoms with E-state index in [9.17, 15) is 0 Å². The fourth-order valence-electron chi connectivity index (χ4n) is 1.65. The Labute approximate surface area is 100 Å². The third-order valence-corrected chi connectivity index (χ3v) is 3.48. The molecule has 0 aromatic rings. The monoisotopic (exact) mass is 226 g/mol. The molecule has 0 aliphatic carbocycles. The number of hydrogen-bond acceptors (Lipinski definition) is 1. The van der Waals surface area contributed by atoms with Crippen LogP contribution >= 0.6 is 11.8 Å². The van der Waals surface area contributed by atoms with Gasteiger partial charge < -0.3 is 0 Å². The molecule has 0 nitrogen and oxygen atoms in total. The second kappa shape index (κ2) is 8.04. The highest BCUT2D eigenvalue weighted by Crippen LogP contribution is 2.26. The van der Waals surface area contributed by atoms with Crippen LogP contribution in [0.5, 0.6) is 0 Å². The molecule has 0 fully saturated rings. The maximum Gasteiger partial charge on any atom is 0.000505 e. The lowest BCUT2D eigenvalue weighted by Crippen LogP contribution is -2.08. The molecule has 0 N–H and O–H groups in total. The largest absolute Gasteiger partial charge is 0.131 e. The molecule has 1 heteroatoms. The molecule has 0 bridgehead atoms. The number of rotatable bonds is 8. The maximum absolute atomic E-state index is 3.98. The van der Waals surface area contributed by atoms with E-state index in [2.05, 4.69) is 40.9 Å². The molecular weight excluding hydrogens is 200 g/mol. The first-order valence-corrected chi connectivity index (χ1v) is 6.83. The number of allylic oxidation sites excluding steroid dienone is 2. The van der Waals surface area contributed by atoms with Gasteiger partial charge >= 0.3 is 0 Å². The van der Waals surface area contributed by atoms with Gasteiger partial charge in [-0.05, 0) is 49.9 Å². The fourth-order valence-corrected chi connectivity index (χ4v) is 2.47. The lowest BCUT2D eigenvalue weighted by Gasteiger charge is -2.18. The summed E-state index contributed by atoms with van der Waals surface area (Å²) in [4.78, 5) is 1.24. The van der Waals surface area contributed by atoms with Gasteiger partial charge in [-0.25, -0.2) is 0 Å². The molecule has 0 saturated carbocycles. The molecule has 0 spiro atoms. The summed E-state index contributed by atoms with van der Waals surface area (Å²) in [7, 11) is 0. The molecule has 0 heterocycles. The van der Waals surface area contributed by atoms with Crippen molar-refractivity contribution in [3.63, 3.8) is 0 Å². The second-order valence-electron chi connectivity index (χ2n) is 5.00. The molecule has 88 valence electrons. The molecule has 1 unspecified atom stereocenters. The Bertz CT molecular complexity index is 185. The molecule has 0 saturated heterocycles. The van der Waals surface area contributed by atoms with E-state index in [1.807, 2.05) is 11.8 Å². The van der Waals surface area contributed by atoms with E-state index >= 15 is 0 Å². The van der Waals surface area contributed by atoms with Crippen molar-refractivity contribution in [2.75, 3.05) is 5.75 Å². The van der Waals surface area contributed by atoms with Gasteiger partial charge in [-0.1, -0.05) is 26.0 Å². The molecule has 0 aromatic carbocycles. The van der Waals surface area contributed by atoms with Crippen molar-refractivity contribution in [1.29, 1.82) is 0 Å². The van der Waals surface area contributed by atoms with Crippen LogP contribution in [-0.4, -0.2) is 5.75 Å². The predicted octanol–water partition coefficient (Wildman–Crippen LogP) is 5.27. The molecule has 0 radical (unpaired) electrons. The summed E-state index contributed by atoms with van der Waals surface area (Å²) in [6.45, 7) is 16.7. The lowest BCUT2D eigenvalue weighted by atomic mass is 9.93. The van der Waals surface area contributed by atoms with E-state index in [1.54, 1.807) is 0 Å². The van der Waals surface area contributed by atoms with E-state index in [0.29, 0.717) is 0 Å². The normalized spacial score (nSPS) is 12.9. The minimum Gasteiger partial charge on any atom is -0.131 e. The first-order valence-electron chi connectivity index (χ1n) is 5.84. The van der Waals surface area contributed by atoms with Gasteiger partial charge in [-0.2, -0.15) is 0 Å². The summed E-state index contributed by atoms with van der Waals surface area (Å²) in [6.07, 6.45) is 3.79. The topological polar surface area (TPSA) is 0 Å². The molecular formula is C14H26S. The van der Waals surface area contributed by atoms with E-state index in [1.165, 1.54) is 35.5 Å². The third-order valence-electron chi connectivity index (χ3n) is 2.35. The van der Waals surface area contributed by atoms with Crippen molar-refractivity contribution < 1.29 is 0 Å². The molecule has 0 aromatic heterocycles. The lowest BCUT2D eigenvalue weighted by molar-refractivity contribution is 0.421. The SMILES string of the molecule is C=C(C)CCC(CSC(=C)C)CC(C)C. The number of thioether (sulfide) groups is 1. The van der Waals surface area contributed by atoms with Crippen molar-refractivity contribution in [3.8, 4) is 0 Å². The van der Waals surface area contributed by atoms with E-state index in [4.69, 9.17) is 0 Å². The fraction of sp³-hybridized carbons (Fsp3) is 0.714. The standard InChI is InChI=1S/C14H26S/c1-11(2)7-8-14(9-12(3)4)10-15-13(5)6/h12,14H,1,5,7-10H2,2-4,6H3. The van der Waals surface area contributed by atoms with Crippen molar-refractivity contribution >= 4 is 11.8 Å². The van der Waals surface area contributed by atoms with Crippen LogP contribution < -0.4 is 0 Å². The minimum atomic E-state index is 0.797.